The third kappa shape index (κ3) is 4.51. The maximum Gasteiger partial charge on any atom is 0.265 e. The molecule has 1 fully saturated rings. The van der Waals surface area contributed by atoms with Gasteiger partial charge in [-0.3, -0.25) is 9.28 Å². The number of carbonyl (C=O) groups is 1. The van der Waals surface area contributed by atoms with E-state index in [9.17, 15) is 4.79 Å². The van der Waals surface area contributed by atoms with Gasteiger partial charge in [-0.25, -0.2) is 0 Å². The maximum atomic E-state index is 15.1. The molecule has 0 spiro atoms. The first-order chi connectivity index (χ1) is 13.7. The van der Waals surface area contributed by atoms with Crippen molar-refractivity contribution in [2.24, 2.45) is 5.73 Å². The number of hydrogen-bond donors (Lipinski definition) is 3. The molecule has 7 nitrogen and oxygen atoms in total. The molecule has 1 saturated heterocycles. The highest BCUT2D eigenvalue weighted by atomic mass is 35.5. The topological polar surface area (TPSA) is 89.3 Å². The Bertz CT molecular complexity index is 908. The van der Waals surface area contributed by atoms with Crippen molar-refractivity contribution in [2.45, 2.75) is 18.5 Å². The minimum absolute atomic E-state index is 0.0247. The number of ether oxygens (including phenoxy) is 1. The summed E-state index contributed by atoms with van der Waals surface area (Å²) in [5.74, 6) is -0.944. The first-order valence-electron chi connectivity index (χ1n) is 9.36. The summed E-state index contributed by atoms with van der Waals surface area (Å²) in [5, 5.41) is 6.81. The molecule has 2 heterocycles. The third-order valence-electron chi connectivity index (χ3n) is 5.38. The van der Waals surface area contributed by atoms with E-state index >= 15 is 4.39 Å². The lowest BCUT2D eigenvalue weighted by Gasteiger charge is -2.42. The van der Waals surface area contributed by atoms with E-state index in [1.54, 1.807) is 24.3 Å². The van der Waals surface area contributed by atoms with Crippen LogP contribution >= 0.6 is 11.6 Å². The number of nitrogens with zero attached hydrogens (tertiary/aromatic N) is 2. The monoisotopic (exact) mass is 422 g/mol. The Morgan fingerprint density at radius 3 is 2.79 bits per heavy atom. The maximum absolute atomic E-state index is 15.1. The zero-order valence-electron chi connectivity index (χ0n) is 16.7. The Morgan fingerprint density at radius 1 is 1.38 bits per heavy atom. The lowest BCUT2D eigenvalue weighted by molar-refractivity contribution is 0.0237. The van der Waals surface area contributed by atoms with Crippen LogP contribution in [0.15, 0.2) is 30.3 Å². The van der Waals surface area contributed by atoms with E-state index in [4.69, 9.17) is 22.1 Å². The molecule has 0 radical (unpaired) electrons. The predicted molar refractivity (Wildman–Crippen MR) is 113 cm³/mol. The highest BCUT2D eigenvalue weighted by molar-refractivity contribution is 6.30. The van der Waals surface area contributed by atoms with Gasteiger partial charge in [0.2, 0.25) is 5.82 Å². The van der Waals surface area contributed by atoms with Crippen LogP contribution in [0.25, 0.3) is 0 Å². The van der Waals surface area contributed by atoms with Crippen LogP contribution < -0.4 is 20.9 Å². The van der Waals surface area contributed by atoms with E-state index in [1.807, 2.05) is 21.1 Å². The summed E-state index contributed by atoms with van der Waals surface area (Å²) in [4.78, 5) is 16.4. The van der Waals surface area contributed by atoms with Gasteiger partial charge in [0.25, 0.3) is 11.7 Å². The first kappa shape index (κ1) is 21.4. The van der Waals surface area contributed by atoms with Crippen LogP contribution in [0.5, 0.6) is 0 Å². The first-order valence-corrected chi connectivity index (χ1v) is 9.74. The van der Waals surface area contributed by atoms with Gasteiger partial charge in [-0.2, -0.15) is 9.37 Å². The van der Waals surface area contributed by atoms with Crippen LogP contribution in [0.3, 0.4) is 0 Å². The minimum atomic E-state index is -0.767. The van der Waals surface area contributed by atoms with E-state index in [0.29, 0.717) is 23.9 Å². The van der Waals surface area contributed by atoms with Crippen molar-refractivity contribution in [3.8, 4) is 0 Å². The Labute approximate surface area is 174 Å². The van der Waals surface area contributed by atoms with E-state index < -0.39 is 11.7 Å². The molecular formula is C20H26ClFN5O2+. The van der Waals surface area contributed by atoms with Gasteiger partial charge >= 0.3 is 0 Å². The number of nitrogens with one attached hydrogen (secondary N) is 2. The van der Waals surface area contributed by atoms with Gasteiger partial charge in [-0.15, -0.1) is 0 Å². The van der Waals surface area contributed by atoms with E-state index in [-0.39, 0.29) is 33.8 Å². The summed E-state index contributed by atoms with van der Waals surface area (Å²) in [5.41, 5.74) is 6.06. The molecule has 2 unspecified atom stereocenters. The second kappa shape index (κ2) is 8.62. The molecular weight excluding hydrogens is 397 g/mol. The van der Waals surface area contributed by atoms with Crippen LogP contribution in [-0.4, -0.2) is 57.3 Å². The normalized spacial score (nSPS) is 19.8. The SMILES string of the molecule is CNC1COCCC1[N+](C)(C)c1nc(Nc2cccc(Cl)c2)c(C(N)=O)cc1F. The number of aromatic nitrogens is 1. The van der Waals surface area contributed by atoms with Crippen molar-refractivity contribution in [3.05, 3.63) is 46.7 Å². The molecule has 4 N–H and O–H groups in total. The van der Waals surface area contributed by atoms with E-state index in [2.05, 4.69) is 15.6 Å². The van der Waals surface area contributed by atoms with Crippen LogP contribution in [0.4, 0.5) is 21.7 Å². The summed E-state index contributed by atoms with van der Waals surface area (Å²) in [6.07, 6.45) is 0.744. The van der Waals surface area contributed by atoms with Crippen molar-refractivity contribution in [1.29, 1.82) is 0 Å². The number of carbonyl (C=O) groups excluding carboxylic acids is 1. The van der Waals surface area contributed by atoms with Crippen LogP contribution in [0, 0.1) is 5.82 Å². The number of hydrogen-bond acceptors (Lipinski definition) is 5. The van der Waals surface area contributed by atoms with Gasteiger partial charge in [0.05, 0.1) is 38.9 Å². The summed E-state index contributed by atoms with van der Waals surface area (Å²) in [6.45, 7) is 1.14. The zero-order chi connectivity index (χ0) is 21.2. The highest BCUT2D eigenvalue weighted by Gasteiger charge is 2.42. The largest absolute Gasteiger partial charge is 0.379 e. The number of pyridine rings is 1. The molecule has 0 bridgehead atoms. The molecule has 9 heteroatoms. The number of quaternary nitrogens is 1. The summed E-state index contributed by atoms with van der Waals surface area (Å²) >= 11 is 6.04. The number of primary amides is 1. The Kier molecular flexibility index (Phi) is 6.38. The lowest BCUT2D eigenvalue weighted by Crippen LogP contribution is -2.63. The summed E-state index contributed by atoms with van der Waals surface area (Å²) in [7, 11) is 5.66. The predicted octanol–water partition coefficient (Wildman–Crippen LogP) is 2.66. The third-order valence-corrected chi connectivity index (χ3v) is 5.61. The number of rotatable bonds is 6. The van der Waals surface area contributed by atoms with Gasteiger partial charge in [-0.05, 0) is 31.3 Å². The molecule has 0 saturated carbocycles. The van der Waals surface area contributed by atoms with Crippen molar-refractivity contribution < 1.29 is 13.9 Å². The van der Waals surface area contributed by atoms with E-state index in [1.165, 1.54) is 0 Å². The number of anilines is 2. The smallest absolute Gasteiger partial charge is 0.265 e. The number of likely N-dealkylation sites (N-methyl/N-ethyl adjacent to an activating group) is 2. The molecule has 3 rings (SSSR count). The zero-order valence-corrected chi connectivity index (χ0v) is 17.5. The average Bonchev–Trinajstić information content (AvgIpc) is 2.68. The number of benzene rings is 1. The number of amides is 1. The van der Waals surface area contributed by atoms with Gasteiger partial charge < -0.3 is 21.1 Å². The lowest BCUT2D eigenvalue weighted by atomic mass is 9.99. The molecule has 0 aliphatic carbocycles. The van der Waals surface area contributed by atoms with Crippen LogP contribution in [0.2, 0.25) is 5.02 Å². The second-order valence-electron chi connectivity index (χ2n) is 7.56. The van der Waals surface area contributed by atoms with Crippen LogP contribution in [0.1, 0.15) is 16.8 Å². The van der Waals surface area contributed by atoms with E-state index in [0.717, 1.165) is 12.5 Å². The van der Waals surface area contributed by atoms with Crippen LogP contribution in [-0.2, 0) is 4.74 Å². The minimum Gasteiger partial charge on any atom is -0.379 e. The molecule has 156 valence electrons. The molecule has 2 atom stereocenters. The van der Waals surface area contributed by atoms with Gasteiger partial charge in [0, 0.05) is 17.1 Å². The standard InChI is InChI=1S/C20H25ClFN5O2/c1-24-16-11-29-8-7-17(16)27(2,3)20-15(22)10-14(18(23)28)19(26-20)25-13-6-4-5-12(21)9-13/h4-6,9-10,16-17,24H,7-8,11H2,1-3H3,(H2-,23,25,26,28)/p+1. The molecule has 1 aromatic heterocycles. The molecule has 1 aliphatic rings. The van der Waals surface area contributed by atoms with Gasteiger partial charge in [0.1, 0.15) is 11.9 Å². The molecule has 29 heavy (non-hydrogen) atoms. The van der Waals surface area contributed by atoms with Crippen molar-refractivity contribution in [3.63, 3.8) is 0 Å². The Balaban J connectivity index is 2.05. The highest BCUT2D eigenvalue weighted by Crippen LogP contribution is 2.32. The number of nitrogens with two attached hydrogens (primary N) is 1. The molecule has 1 aromatic carbocycles. The molecule has 2 aromatic rings. The van der Waals surface area contributed by atoms with Crippen molar-refractivity contribution in [1.82, 2.24) is 14.8 Å². The van der Waals surface area contributed by atoms with Gasteiger partial charge in [-0.1, -0.05) is 17.7 Å². The molecule has 1 aliphatic heterocycles. The van der Waals surface area contributed by atoms with Crippen molar-refractivity contribution >= 4 is 34.8 Å². The fourth-order valence-electron chi connectivity index (χ4n) is 3.80. The fraction of sp³-hybridized carbons (Fsp3) is 0.400. The Hall–Kier alpha value is -2.26. The number of halogens is 2. The van der Waals surface area contributed by atoms with Gasteiger partial charge in [0.15, 0.2) is 0 Å². The second-order valence-corrected chi connectivity index (χ2v) is 7.99. The quantitative estimate of drug-likeness (QED) is 0.623. The average molecular weight is 423 g/mol. The summed E-state index contributed by atoms with van der Waals surface area (Å²) in [6, 6.07) is 8.18. The summed E-state index contributed by atoms with van der Waals surface area (Å²) < 4.78 is 20.8. The molecule has 1 amide bonds. The Morgan fingerprint density at radius 2 is 2.14 bits per heavy atom. The fourth-order valence-corrected chi connectivity index (χ4v) is 3.99. The van der Waals surface area contributed by atoms with Crippen molar-refractivity contribution in [2.75, 3.05) is 39.7 Å².